The fourth-order valence-electron chi connectivity index (χ4n) is 2.37. The molecule has 3 aromatic rings. The van der Waals surface area contributed by atoms with Crippen molar-refractivity contribution >= 4 is 22.5 Å². The highest BCUT2D eigenvalue weighted by atomic mass is 16.5. The molecule has 21 heavy (non-hydrogen) atoms. The van der Waals surface area contributed by atoms with Crippen molar-refractivity contribution in [3.05, 3.63) is 35.7 Å². The number of hydrogen-bond donors (Lipinski definition) is 0. The first-order valence-corrected chi connectivity index (χ1v) is 6.66. The molecule has 0 bridgehead atoms. The van der Waals surface area contributed by atoms with Crippen LogP contribution in [0.15, 0.2) is 24.3 Å². The fraction of sp³-hybridized carbons (Fsp3) is 0.267. The maximum atomic E-state index is 12.1. The van der Waals surface area contributed by atoms with Crippen molar-refractivity contribution in [3.63, 3.8) is 0 Å². The molecule has 0 radical (unpaired) electrons. The monoisotopic (exact) mass is 285 g/mol. The molecule has 3 rings (SSSR count). The summed E-state index contributed by atoms with van der Waals surface area (Å²) in [5, 5.41) is 5.21. The second kappa shape index (κ2) is 5.05. The molecule has 1 aromatic carbocycles. The largest absolute Gasteiger partial charge is 0.494 e. The number of pyridine rings is 1. The Bertz CT molecular complexity index is 839. The Labute approximate surface area is 121 Å². The molecule has 0 atom stereocenters. The minimum Gasteiger partial charge on any atom is -0.494 e. The van der Waals surface area contributed by atoms with Gasteiger partial charge in [-0.25, -0.2) is 14.3 Å². The van der Waals surface area contributed by atoms with Gasteiger partial charge in [-0.1, -0.05) is 12.1 Å². The van der Waals surface area contributed by atoms with Crippen LogP contribution < -0.4 is 4.74 Å². The number of carbonyl (C=O) groups excluding carboxylic acids is 1. The Morgan fingerprint density at radius 3 is 2.90 bits per heavy atom. The third kappa shape index (κ3) is 2.08. The maximum Gasteiger partial charge on any atom is 0.342 e. The Balaban J connectivity index is 2.42. The average Bonchev–Trinajstić information content (AvgIpc) is 2.87. The van der Waals surface area contributed by atoms with E-state index in [0.29, 0.717) is 29.4 Å². The summed E-state index contributed by atoms with van der Waals surface area (Å²) in [5.41, 5.74) is 1.66. The van der Waals surface area contributed by atoms with E-state index >= 15 is 0 Å². The molecule has 6 nitrogen and oxygen atoms in total. The number of fused-ring (bicyclic) bond motifs is 3. The standard InChI is InChI=1S/C15H15N3O3/c1-4-21-15(19)11-8-10-6-5-7-12(20-3)13(10)18-14(11)16-9(2)17-18/h5-8H,4H2,1-3H3. The van der Waals surface area contributed by atoms with Gasteiger partial charge in [0.15, 0.2) is 5.65 Å². The van der Waals surface area contributed by atoms with Crippen molar-refractivity contribution < 1.29 is 14.3 Å². The Morgan fingerprint density at radius 1 is 1.38 bits per heavy atom. The predicted molar refractivity (Wildman–Crippen MR) is 77.7 cm³/mol. The Morgan fingerprint density at radius 2 is 2.19 bits per heavy atom. The van der Waals surface area contributed by atoms with Crippen LogP contribution in [-0.2, 0) is 4.74 Å². The molecule has 0 aliphatic carbocycles. The zero-order valence-corrected chi connectivity index (χ0v) is 12.1. The number of esters is 1. The van der Waals surface area contributed by atoms with Crippen LogP contribution in [0.25, 0.3) is 16.6 Å². The SMILES string of the molecule is CCOC(=O)c1cc2cccc(OC)c2n2nc(C)nc12. The van der Waals surface area contributed by atoms with Crippen LogP contribution >= 0.6 is 0 Å². The fourth-order valence-corrected chi connectivity index (χ4v) is 2.37. The van der Waals surface area contributed by atoms with Crippen LogP contribution in [0.3, 0.4) is 0 Å². The molecule has 108 valence electrons. The molecule has 0 N–H and O–H groups in total. The van der Waals surface area contributed by atoms with Gasteiger partial charge < -0.3 is 9.47 Å². The van der Waals surface area contributed by atoms with Crippen LogP contribution in [0.4, 0.5) is 0 Å². The van der Waals surface area contributed by atoms with Gasteiger partial charge in [0.1, 0.15) is 22.7 Å². The highest BCUT2D eigenvalue weighted by molar-refractivity contribution is 6.01. The van der Waals surface area contributed by atoms with E-state index in [-0.39, 0.29) is 0 Å². The van der Waals surface area contributed by atoms with Gasteiger partial charge in [-0.3, -0.25) is 0 Å². The molecule has 0 saturated heterocycles. The summed E-state index contributed by atoms with van der Waals surface area (Å²) in [4.78, 5) is 16.5. The minimum atomic E-state index is -0.403. The van der Waals surface area contributed by atoms with Crippen LogP contribution in [0, 0.1) is 6.92 Å². The third-order valence-corrected chi connectivity index (χ3v) is 3.21. The van der Waals surface area contributed by atoms with Gasteiger partial charge in [0, 0.05) is 5.39 Å². The number of nitrogens with zero attached hydrogens (tertiary/aromatic N) is 3. The first kappa shape index (κ1) is 13.4. The molecule has 0 saturated carbocycles. The summed E-state index contributed by atoms with van der Waals surface area (Å²) in [6.45, 7) is 3.87. The summed E-state index contributed by atoms with van der Waals surface area (Å²) in [5.74, 6) is 0.858. The Kier molecular flexibility index (Phi) is 3.21. The molecule has 2 heterocycles. The van der Waals surface area contributed by atoms with Crippen LogP contribution in [-0.4, -0.2) is 34.3 Å². The summed E-state index contributed by atoms with van der Waals surface area (Å²) in [6, 6.07) is 7.38. The highest BCUT2D eigenvalue weighted by Gasteiger charge is 2.19. The van der Waals surface area contributed by atoms with E-state index in [1.165, 1.54) is 0 Å². The summed E-state index contributed by atoms with van der Waals surface area (Å²) in [7, 11) is 1.60. The van der Waals surface area contributed by atoms with Crippen LogP contribution in [0.1, 0.15) is 23.1 Å². The molecule has 0 aliphatic rings. The third-order valence-electron chi connectivity index (χ3n) is 3.21. The van der Waals surface area contributed by atoms with E-state index in [9.17, 15) is 4.79 Å². The molecule has 0 amide bonds. The van der Waals surface area contributed by atoms with Crippen LogP contribution in [0.5, 0.6) is 5.75 Å². The maximum absolute atomic E-state index is 12.1. The minimum absolute atomic E-state index is 0.314. The van der Waals surface area contributed by atoms with E-state index in [1.807, 2.05) is 18.2 Å². The number of methoxy groups -OCH3 is 1. The lowest BCUT2D eigenvalue weighted by atomic mass is 10.1. The molecule has 0 spiro atoms. The number of carbonyl (C=O) groups is 1. The number of rotatable bonds is 3. The zero-order chi connectivity index (χ0) is 15.0. The number of aromatic nitrogens is 3. The van der Waals surface area contributed by atoms with Crippen molar-refractivity contribution in [1.82, 2.24) is 14.6 Å². The van der Waals surface area contributed by atoms with E-state index in [4.69, 9.17) is 9.47 Å². The van der Waals surface area contributed by atoms with Gasteiger partial charge in [0.2, 0.25) is 0 Å². The molecule has 0 fully saturated rings. The quantitative estimate of drug-likeness (QED) is 0.691. The van der Waals surface area contributed by atoms with E-state index < -0.39 is 5.97 Å². The Hall–Kier alpha value is -2.63. The molecular formula is C15H15N3O3. The number of para-hydroxylation sites is 1. The van der Waals surface area contributed by atoms with Gasteiger partial charge in [-0.05, 0) is 26.0 Å². The highest BCUT2D eigenvalue weighted by Crippen LogP contribution is 2.28. The van der Waals surface area contributed by atoms with Crippen molar-refractivity contribution in [2.75, 3.05) is 13.7 Å². The van der Waals surface area contributed by atoms with Crippen molar-refractivity contribution in [3.8, 4) is 5.75 Å². The van der Waals surface area contributed by atoms with Gasteiger partial charge in [-0.2, -0.15) is 5.10 Å². The zero-order valence-electron chi connectivity index (χ0n) is 12.1. The summed E-state index contributed by atoms with van der Waals surface area (Å²) in [6.07, 6.45) is 0. The van der Waals surface area contributed by atoms with E-state index in [2.05, 4.69) is 10.1 Å². The predicted octanol–water partition coefficient (Wildman–Crippen LogP) is 2.38. The lowest BCUT2D eigenvalue weighted by Crippen LogP contribution is -2.08. The molecule has 0 aliphatic heterocycles. The number of benzene rings is 1. The average molecular weight is 285 g/mol. The molecule has 0 unspecified atom stereocenters. The second-order valence-corrected chi connectivity index (χ2v) is 4.57. The van der Waals surface area contributed by atoms with E-state index in [1.54, 1.807) is 31.5 Å². The molecule has 6 heteroatoms. The van der Waals surface area contributed by atoms with Crippen molar-refractivity contribution in [1.29, 1.82) is 0 Å². The normalized spacial score (nSPS) is 11.0. The second-order valence-electron chi connectivity index (χ2n) is 4.57. The first-order valence-electron chi connectivity index (χ1n) is 6.66. The molecule has 2 aromatic heterocycles. The topological polar surface area (TPSA) is 65.7 Å². The number of hydrogen-bond acceptors (Lipinski definition) is 5. The molecular weight excluding hydrogens is 270 g/mol. The van der Waals surface area contributed by atoms with Crippen molar-refractivity contribution in [2.45, 2.75) is 13.8 Å². The van der Waals surface area contributed by atoms with Crippen LogP contribution in [0.2, 0.25) is 0 Å². The lowest BCUT2D eigenvalue weighted by Gasteiger charge is -2.09. The lowest BCUT2D eigenvalue weighted by molar-refractivity contribution is 0.0528. The van der Waals surface area contributed by atoms with Gasteiger partial charge in [0.25, 0.3) is 0 Å². The summed E-state index contributed by atoms with van der Waals surface area (Å²) < 4.78 is 12.1. The number of aryl methyl sites for hydroxylation is 1. The van der Waals surface area contributed by atoms with Gasteiger partial charge in [-0.15, -0.1) is 0 Å². The number of ether oxygens (including phenoxy) is 2. The van der Waals surface area contributed by atoms with Crippen molar-refractivity contribution in [2.24, 2.45) is 0 Å². The van der Waals surface area contributed by atoms with Gasteiger partial charge in [0.05, 0.1) is 13.7 Å². The van der Waals surface area contributed by atoms with E-state index in [0.717, 1.165) is 10.9 Å². The van der Waals surface area contributed by atoms with Gasteiger partial charge >= 0.3 is 5.97 Å². The first-order chi connectivity index (χ1) is 10.2. The summed E-state index contributed by atoms with van der Waals surface area (Å²) >= 11 is 0. The smallest absolute Gasteiger partial charge is 0.342 e.